The fraction of sp³-hybridized carbons (Fsp3) is 0.250. The van der Waals surface area contributed by atoms with E-state index >= 15 is 0 Å². The molecule has 1 amide bonds. The molecule has 214 valence electrons. The lowest BCUT2D eigenvalue weighted by Gasteiger charge is -2.20. The van der Waals surface area contributed by atoms with Crippen LogP contribution in [0.2, 0.25) is 0 Å². The van der Waals surface area contributed by atoms with Gasteiger partial charge in [0.05, 0.1) is 11.2 Å². The molecule has 42 heavy (non-hydrogen) atoms. The van der Waals surface area contributed by atoms with E-state index in [0.717, 1.165) is 23.1 Å². The van der Waals surface area contributed by atoms with E-state index in [1.54, 1.807) is 4.90 Å². The number of aromatic nitrogens is 5. The Morgan fingerprint density at radius 3 is 2.29 bits per heavy atom. The minimum atomic E-state index is -0.632. The number of pyridine rings is 1. The number of H-pyrrole nitrogens is 1. The lowest BCUT2D eigenvalue weighted by atomic mass is 9.99. The third kappa shape index (κ3) is 5.97. The number of likely N-dealkylation sites (N-methyl/N-ethyl adjacent to an activating group) is 1. The van der Waals surface area contributed by atoms with Gasteiger partial charge in [0.1, 0.15) is 11.3 Å². The summed E-state index contributed by atoms with van der Waals surface area (Å²) >= 11 is 0. The zero-order valence-corrected chi connectivity index (χ0v) is 23.8. The van der Waals surface area contributed by atoms with E-state index < -0.39 is 5.97 Å². The number of nitrogens with one attached hydrogen (secondary N) is 1. The van der Waals surface area contributed by atoms with Gasteiger partial charge in [-0.05, 0) is 54.8 Å². The number of hydrogen-bond donors (Lipinski definition) is 1. The van der Waals surface area contributed by atoms with Crippen molar-refractivity contribution in [2.75, 3.05) is 19.7 Å². The Bertz CT molecular complexity index is 1680. The van der Waals surface area contributed by atoms with Gasteiger partial charge in [-0.15, -0.1) is 10.2 Å². The first-order valence-electron chi connectivity index (χ1n) is 14.0. The van der Waals surface area contributed by atoms with Crippen LogP contribution in [0.25, 0.3) is 33.4 Å². The van der Waals surface area contributed by atoms with Crippen LogP contribution in [-0.4, -0.2) is 62.1 Å². The van der Waals surface area contributed by atoms with Crippen LogP contribution in [0.1, 0.15) is 43.2 Å². The topological polar surface area (TPSA) is 123 Å². The molecule has 3 aromatic carbocycles. The normalized spacial score (nSPS) is 10.9. The summed E-state index contributed by atoms with van der Waals surface area (Å²) in [5.74, 6) is 0.473. The zero-order valence-electron chi connectivity index (χ0n) is 23.8. The van der Waals surface area contributed by atoms with E-state index in [9.17, 15) is 9.59 Å². The summed E-state index contributed by atoms with van der Waals surface area (Å²) in [6.07, 6.45) is 1.39. The Morgan fingerprint density at radius 2 is 1.60 bits per heavy atom. The molecule has 0 saturated heterocycles. The molecule has 5 aromatic rings. The monoisotopic (exact) mass is 564 g/mol. The van der Waals surface area contributed by atoms with Crippen molar-refractivity contribution in [3.05, 3.63) is 84.1 Å². The Morgan fingerprint density at radius 1 is 0.881 bits per heavy atom. The molecule has 0 aliphatic carbocycles. The molecule has 1 N–H and O–H groups in total. The van der Waals surface area contributed by atoms with Gasteiger partial charge < -0.3 is 14.4 Å². The molecule has 0 radical (unpaired) electrons. The largest absolute Gasteiger partial charge is 0.455 e. The van der Waals surface area contributed by atoms with Crippen LogP contribution in [0.5, 0.6) is 11.5 Å². The number of carbonyl (C=O) groups excluding carboxylic acids is 2. The van der Waals surface area contributed by atoms with Crippen molar-refractivity contribution < 1.29 is 19.1 Å². The molecule has 0 fully saturated rings. The van der Waals surface area contributed by atoms with Crippen molar-refractivity contribution in [3.8, 4) is 34.0 Å². The summed E-state index contributed by atoms with van der Waals surface area (Å²) in [6.45, 7) is 6.53. The zero-order chi connectivity index (χ0) is 29.5. The summed E-state index contributed by atoms with van der Waals surface area (Å²) in [6, 6.07) is 22.7. The Balaban J connectivity index is 1.50. The Labute approximate surface area is 243 Å². The van der Waals surface area contributed by atoms with Crippen molar-refractivity contribution in [1.82, 2.24) is 30.5 Å². The van der Waals surface area contributed by atoms with Crippen molar-refractivity contribution in [2.24, 2.45) is 0 Å². The first-order valence-corrected chi connectivity index (χ1v) is 14.0. The maximum absolute atomic E-state index is 13.6. The minimum Gasteiger partial charge on any atom is -0.455 e. The maximum atomic E-state index is 13.6. The molecule has 0 aliphatic heterocycles. The Hall–Kier alpha value is -5.12. The summed E-state index contributed by atoms with van der Waals surface area (Å²) in [4.78, 5) is 32.6. The summed E-state index contributed by atoms with van der Waals surface area (Å²) < 4.78 is 12.0. The molecule has 2 aromatic heterocycles. The molecule has 2 heterocycles. The van der Waals surface area contributed by atoms with Gasteiger partial charge in [0.15, 0.2) is 12.4 Å². The molecule has 0 unspecified atom stereocenters. The average Bonchev–Trinajstić information content (AvgIpc) is 3.56. The van der Waals surface area contributed by atoms with E-state index in [1.165, 1.54) is 0 Å². The molecule has 0 spiro atoms. The van der Waals surface area contributed by atoms with Gasteiger partial charge in [-0.25, -0.2) is 9.78 Å². The van der Waals surface area contributed by atoms with Gasteiger partial charge in [0.25, 0.3) is 5.91 Å². The molecule has 0 bridgehead atoms. The number of amides is 1. The summed E-state index contributed by atoms with van der Waals surface area (Å²) in [5, 5.41) is 15.0. The first kappa shape index (κ1) is 28.4. The van der Waals surface area contributed by atoms with Gasteiger partial charge in [-0.3, -0.25) is 4.79 Å². The van der Waals surface area contributed by atoms with Crippen LogP contribution in [0, 0.1) is 0 Å². The van der Waals surface area contributed by atoms with Crippen molar-refractivity contribution >= 4 is 22.8 Å². The van der Waals surface area contributed by atoms with E-state index in [1.807, 2.05) is 93.6 Å². The highest BCUT2D eigenvalue weighted by molar-refractivity contribution is 6.07. The van der Waals surface area contributed by atoms with Gasteiger partial charge in [0.2, 0.25) is 5.82 Å². The number of hydrogen-bond acceptors (Lipinski definition) is 8. The SMILES string of the molecule is CCCc1nc2ccccc2c(C(=O)OCC(=O)N(CC)CC)c1Oc1ccc(-c2ccccc2-c2nn[nH]n2)cc1. The van der Waals surface area contributed by atoms with Crippen molar-refractivity contribution in [1.29, 1.82) is 0 Å². The van der Waals surface area contributed by atoms with Gasteiger partial charge in [0, 0.05) is 24.0 Å². The molecular weight excluding hydrogens is 532 g/mol. The lowest BCUT2D eigenvalue weighted by Crippen LogP contribution is -2.34. The predicted molar refractivity (Wildman–Crippen MR) is 159 cm³/mol. The van der Waals surface area contributed by atoms with Crippen LogP contribution in [0.15, 0.2) is 72.8 Å². The van der Waals surface area contributed by atoms with Gasteiger partial charge in [-0.1, -0.05) is 67.9 Å². The third-order valence-electron chi connectivity index (χ3n) is 6.95. The number of benzene rings is 3. The molecule has 5 rings (SSSR count). The highest BCUT2D eigenvalue weighted by atomic mass is 16.5. The molecular formula is C32H32N6O4. The van der Waals surface area contributed by atoms with Crippen LogP contribution in [0.4, 0.5) is 0 Å². The number of esters is 1. The number of nitrogens with zero attached hydrogens (tertiary/aromatic N) is 5. The first-order chi connectivity index (χ1) is 20.5. The quantitative estimate of drug-likeness (QED) is 0.198. The second-order valence-corrected chi connectivity index (χ2v) is 9.58. The number of aryl methyl sites for hydroxylation is 1. The van der Waals surface area contributed by atoms with E-state index in [0.29, 0.717) is 53.4 Å². The van der Waals surface area contributed by atoms with Crippen LogP contribution < -0.4 is 4.74 Å². The van der Waals surface area contributed by atoms with Crippen molar-refractivity contribution in [3.63, 3.8) is 0 Å². The van der Waals surface area contributed by atoms with Crippen LogP contribution in [0.3, 0.4) is 0 Å². The van der Waals surface area contributed by atoms with Gasteiger partial charge in [-0.2, -0.15) is 5.21 Å². The van der Waals surface area contributed by atoms with E-state index in [-0.39, 0.29) is 18.1 Å². The highest BCUT2D eigenvalue weighted by Crippen LogP contribution is 2.36. The number of tetrazole rings is 1. The molecule has 10 heteroatoms. The summed E-state index contributed by atoms with van der Waals surface area (Å²) in [7, 11) is 0. The minimum absolute atomic E-state index is 0.250. The number of para-hydroxylation sites is 1. The number of ether oxygens (including phenoxy) is 2. The fourth-order valence-electron chi connectivity index (χ4n) is 4.86. The molecule has 10 nitrogen and oxygen atoms in total. The lowest BCUT2D eigenvalue weighted by molar-refractivity contribution is -0.134. The fourth-order valence-corrected chi connectivity index (χ4v) is 4.86. The number of carbonyl (C=O) groups is 2. The number of aromatic amines is 1. The van der Waals surface area contributed by atoms with E-state index in [2.05, 4.69) is 20.6 Å². The second kappa shape index (κ2) is 13.0. The average molecular weight is 565 g/mol. The number of rotatable bonds is 11. The van der Waals surface area contributed by atoms with E-state index in [4.69, 9.17) is 14.5 Å². The van der Waals surface area contributed by atoms with Crippen LogP contribution >= 0.6 is 0 Å². The van der Waals surface area contributed by atoms with Gasteiger partial charge >= 0.3 is 5.97 Å². The predicted octanol–water partition coefficient (Wildman–Crippen LogP) is 5.85. The third-order valence-corrected chi connectivity index (χ3v) is 6.95. The Kier molecular flexibility index (Phi) is 8.81. The van der Waals surface area contributed by atoms with Crippen molar-refractivity contribution in [2.45, 2.75) is 33.6 Å². The molecule has 0 aliphatic rings. The molecule has 0 saturated carbocycles. The maximum Gasteiger partial charge on any atom is 0.343 e. The second-order valence-electron chi connectivity index (χ2n) is 9.58. The van der Waals surface area contributed by atoms with Crippen LogP contribution in [-0.2, 0) is 16.0 Å². The standard InChI is InChI=1S/C32H32N6O4/c1-4-11-27-30(29(25-14-9-10-15-26(25)33-27)32(40)41-20-28(39)38(5-2)6-3)42-22-18-16-21(17-19-22)23-12-7-8-13-24(23)31-34-36-37-35-31/h7-10,12-19H,4-6,11,20H2,1-3H3,(H,34,35,36,37). The molecule has 0 atom stereocenters. The highest BCUT2D eigenvalue weighted by Gasteiger charge is 2.25. The smallest absolute Gasteiger partial charge is 0.343 e. The number of fused-ring (bicyclic) bond motifs is 1. The summed E-state index contributed by atoms with van der Waals surface area (Å²) in [5.41, 5.74) is 4.26.